The highest BCUT2D eigenvalue weighted by atomic mass is 35.5. The summed E-state index contributed by atoms with van der Waals surface area (Å²) in [5.41, 5.74) is 6.79. The average molecular weight is 327 g/mol. The largest absolute Gasteiger partial charge is 0.353 e. The molecule has 2 aliphatic rings. The van der Waals surface area contributed by atoms with Crippen LogP contribution in [0.4, 0.5) is 0 Å². The molecule has 0 radical (unpaired) electrons. The lowest BCUT2D eigenvalue weighted by atomic mass is 10.0. The van der Waals surface area contributed by atoms with Crippen molar-refractivity contribution in [2.75, 3.05) is 6.54 Å². The monoisotopic (exact) mass is 326 g/mol. The summed E-state index contributed by atoms with van der Waals surface area (Å²) in [4.78, 5) is 12.4. The van der Waals surface area contributed by atoms with E-state index in [0.717, 1.165) is 31.2 Å². The lowest BCUT2D eigenvalue weighted by Gasteiger charge is -2.19. The molecule has 1 amide bonds. The molecule has 21 heavy (non-hydrogen) atoms. The van der Waals surface area contributed by atoms with E-state index >= 15 is 0 Å². The van der Waals surface area contributed by atoms with Gasteiger partial charge in [-0.2, -0.15) is 0 Å². The first kappa shape index (κ1) is 15.1. The fourth-order valence-corrected chi connectivity index (χ4v) is 3.98. The van der Waals surface area contributed by atoms with Gasteiger partial charge in [-0.05, 0) is 55.3 Å². The van der Waals surface area contributed by atoms with Crippen LogP contribution < -0.4 is 11.1 Å². The smallest absolute Gasteiger partial charge is 0.223 e. The summed E-state index contributed by atoms with van der Waals surface area (Å²) < 4.78 is 0. The molecule has 0 heterocycles. The summed E-state index contributed by atoms with van der Waals surface area (Å²) >= 11 is 12.1. The van der Waals surface area contributed by atoms with Gasteiger partial charge in [0.2, 0.25) is 5.91 Å². The molecule has 5 heteroatoms. The number of halogens is 2. The molecule has 3 nitrogen and oxygen atoms in total. The molecule has 0 aromatic heterocycles. The summed E-state index contributed by atoms with van der Waals surface area (Å²) in [6.07, 6.45) is 4.20. The summed E-state index contributed by atoms with van der Waals surface area (Å²) in [5.74, 6) is 0.858. The lowest BCUT2D eigenvalue weighted by Crippen LogP contribution is -2.40. The molecule has 3 N–H and O–H groups in total. The Bertz CT molecular complexity index is 549. The van der Waals surface area contributed by atoms with Gasteiger partial charge in [-0.1, -0.05) is 35.7 Å². The van der Waals surface area contributed by atoms with Crippen molar-refractivity contribution in [3.63, 3.8) is 0 Å². The van der Waals surface area contributed by atoms with Crippen molar-refractivity contribution in [2.24, 2.45) is 17.6 Å². The molecule has 1 aromatic carbocycles. The highest BCUT2D eigenvalue weighted by molar-refractivity contribution is 6.35. The van der Waals surface area contributed by atoms with E-state index in [1.165, 1.54) is 0 Å². The highest BCUT2D eigenvalue weighted by Crippen LogP contribution is 2.50. The van der Waals surface area contributed by atoms with Crippen LogP contribution >= 0.6 is 23.2 Å². The summed E-state index contributed by atoms with van der Waals surface area (Å²) in [6, 6.07) is 5.76. The molecule has 0 bridgehead atoms. The fourth-order valence-electron chi connectivity index (χ4n) is 3.43. The van der Waals surface area contributed by atoms with Gasteiger partial charge in [0, 0.05) is 22.0 Å². The van der Waals surface area contributed by atoms with Crippen molar-refractivity contribution < 1.29 is 4.79 Å². The first-order chi connectivity index (χ1) is 10.1. The molecule has 2 fully saturated rings. The number of carbonyl (C=O) groups excluding carboxylic acids is 1. The Labute approximate surface area is 135 Å². The minimum Gasteiger partial charge on any atom is -0.353 e. The van der Waals surface area contributed by atoms with Crippen LogP contribution in [0.2, 0.25) is 10.0 Å². The Morgan fingerprint density at radius 1 is 1.33 bits per heavy atom. The zero-order valence-electron chi connectivity index (χ0n) is 11.8. The molecule has 0 spiro atoms. The van der Waals surface area contributed by atoms with Gasteiger partial charge < -0.3 is 11.1 Å². The second-order valence-electron chi connectivity index (χ2n) is 6.16. The number of nitrogens with one attached hydrogen (secondary N) is 1. The molecule has 3 rings (SSSR count). The zero-order chi connectivity index (χ0) is 15.0. The second-order valence-corrected chi connectivity index (χ2v) is 7.00. The number of hydrogen-bond acceptors (Lipinski definition) is 2. The number of carbonyl (C=O) groups is 1. The van der Waals surface area contributed by atoms with Crippen molar-refractivity contribution in [3.05, 3.63) is 33.8 Å². The molecule has 114 valence electrons. The third-order valence-electron chi connectivity index (χ3n) is 4.78. The number of hydrogen-bond donors (Lipinski definition) is 2. The summed E-state index contributed by atoms with van der Waals surface area (Å²) in [7, 11) is 0. The molecule has 0 aliphatic heterocycles. The number of rotatable bonds is 4. The van der Waals surface area contributed by atoms with Crippen LogP contribution in [0.5, 0.6) is 0 Å². The quantitative estimate of drug-likeness (QED) is 0.891. The summed E-state index contributed by atoms with van der Waals surface area (Å²) in [5, 5.41) is 4.47. The van der Waals surface area contributed by atoms with Crippen LogP contribution in [0.3, 0.4) is 0 Å². The molecule has 2 aliphatic carbocycles. The first-order valence-electron chi connectivity index (χ1n) is 7.55. The lowest BCUT2D eigenvalue weighted by molar-refractivity contribution is -0.123. The first-order valence-corrected chi connectivity index (χ1v) is 8.31. The Balaban J connectivity index is 1.61. The Hall–Kier alpha value is -0.770. The van der Waals surface area contributed by atoms with Gasteiger partial charge in [-0.25, -0.2) is 0 Å². The molecular formula is C16H20Cl2N2O. The topological polar surface area (TPSA) is 55.1 Å². The van der Waals surface area contributed by atoms with Gasteiger partial charge in [0.05, 0.1) is 0 Å². The van der Waals surface area contributed by atoms with Crippen molar-refractivity contribution in [3.8, 4) is 0 Å². The van der Waals surface area contributed by atoms with Gasteiger partial charge in [-0.3, -0.25) is 4.79 Å². The van der Waals surface area contributed by atoms with Crippen molar-refractivity contribution in [2.45, 2.75) is 37.6 Å². The number of amides is 1. The molecular weight excluding hydrogens is 307 g/mol. The van der Waals surface area contributed by atoms with Gasteiger partial charge in [-0.15, -0.1) is 0 Å². The maximum absolute atomic E-state index is 12.4. The third-order valence-corrected chi connectivity index (χ3v) is 5.34. The van der Waals surface area contributed by atoms with E-state index in [2.05, 4.69) is 5.32 Å². The maximum Gasteiger partial charge on any atom is 0.223 e. The van der Waals surface area contributed by atoms with Crippen LogP contribution in [0.25, 0.3) is 0 Å². The van der Waals surface area contributed by atoms with E-state index < -0.39 is 0 Å². The summed E-state index contributed by atoms with van der Waals surface area (Å²) in [6.45, 7) is 0.655. The third kappa shape index (κ3) is 3.20. The molecule has 4 atom stereocenters. The Kier molecular flexibility index (Phi) is 4.43. The van der Waals surface area contributed by atoms with Gasteiger partial charge in [0.25, 0.3) is 0 Å². The predicted molar refractivity (Wildman–Crippen MR) is 85.6 cm³/mol. The van der Waals surface area contributed by atoms with Crippen LogP contribution in [-0.2, 0) is 4.79 Å². The molecule has 2 saturated carbocycles. The van der Waals surface area contributed by atoms with Crippen molar-refractivity contribution in [1.29, 1.82) is 0 Å². The Morgan fingerprint density at radius 3 is 2.86 bits per heavy atom. The number of benzene rings is 1. The van der Waals surface area contributed by atoms with Crippen LogP contribution in [-0.4, -0.2) is 18.5 Å². The SMILES string of the molecule is NCC1CCCC1NC(=O)C1CC1c1ccc(Cl)cc1Cl. The Morgan fingerprint density at radius 2 is 2.14 bits per heavy atom. The van der Waals surface area contributed by atoms with Crippen LogP contribution in [0.1, 0.15) is 37.2 Å². The minimum atomic E-state index is 0.0442. The molecule has 4 unspecified atom stereocenters. The minimum absolute atomic E-state index is 0.0442. The molecule has 1 aromatic rings. The average Bonchev–Trinajstić information content (AvgIpc) is 3.11. The fraction of sp³-hybridized carbons (Fsp3) is 0.562. The van der Waals surface area contributed by atoms with E-state index in [1.54, 1.807) is 6.07 Å². The number of nitrogens with two attached hydrogens (primary N) is 1. The van der Waals surface area contributed by atoms with Crippen molar-refractivity contribution >= 4 is 29.1 Å². The van der Waals surface area contributed by atoms with E-state index in [-0.39, 0.29) is 23.8 Å². The highest BCUT2D eigenvalue weighted by Gasteiger charge is 2.45. The second kappa shape index (κ2) is 6.15. The van der Waals surface area contributed by atoms with E-state index in [1.807, 2.05) is 12.1 Å². The van der Waals surface area contributed by atoms with E-state index in [9.17, 15) is 4.79 Å². The van der Waals surface area contributed by atoms with Gasteiger partial charge in [0.15, 0.2) is 0 Å². The van der Waals surface area contributed by atoms with Crippen molar-refractivity contribution in [1.82, 2.24) is 5.32 Å². The normalized spacial score (nSPS) is 31.2. The molecule has 0 saturated heterocycles. The van der Waals surface area contributed by atoms with Gasteiger partial charge in [0.1, 0.15) is 0 Å². The zero-order valence-corrected chi connectivity index (χ0v) is 13.3. The predicted octanol–water partition coefficient (Wildman–Crippen LogP) is 3.34. The van der Waals surface area contributed by atoms with Crippen LogP contribution in [0.15, 0.2) is 18.2 Å². The maximum atomic E-state index is 12.4. The van der Waals surface area contributed by atoms with Gasteiger partial charge >= 0.3 is 0 Å². The van der Waals surface area contributed by atoms with Crippen LogP contribution in [0, 0.1) is 11.8 Å². The van der Waals surface area contributed by atoms with E-state index in [0.29, 0.717) is 22.5 Å². The van der Waals surface area contributed by atoms with E-state index in [4.69, 9.17) is 28.9 Å². The standard InChI is InChI=1S/C16H20Cl2N2O/c17-10-4-5-11(14(18)6-10)12-7-13(12)16(21)20-15-3-1-2-9(15)8-19/h4-6,9,12-13,15H,1-3,7-8,19H2,(H,20,21).